The summed E-state index contributed by atoms with van der Waals surface area (Å²) in [6.45, 7) is 0. The number of halogens is 2. The molecule has 0 aliphatic heterocycles. The summed E-state index contributed by atoms with van der Waals surface area (Å²) in [7, 11) is 1.49. The van der Waals surface area contributed by atoms with Crippen molar-refractivity contribution in [1.29, 1.82) is 0 Å². The van der Waals surface area contributed by atoms with Crippen LogP contribution in [0.3, 0.4) is 0 Å². The molecule has 0 radical (unpaired) electrons. The molecular weight excluding hydrogens is 423 g/mol. The largest absolute Gasteiger partial charge is 0.496 e. The predicted octanol–water partition coefficient (Wildman–Crippen LogP) is 6.53. The van der Waals surface area contributed by atoms with Gasteiger partial charge in [0.25, 0.3) is 5.91 Å². The molecule has 0 saturated carbocycles. The molecule has 4 aromatic rings. The van der Waals surface area contributed by atoms with Crippen LogP contribution in [-0.4, -0.2) is 18.0 Å². The Morgan fingerprint density at radius 2 is 1.77 bits per heavy atom. The number of ether oxygens (including phenoxy) is 1. The number of carbonyl (C=O) groups excluding carboxylic acids is 1. The quantitative estimate of drug-likeness (QED) is 0.385. The standard InChI is InChI=1S/C23H16ClFN2O2S/c1-29-19-12-9-16(24)13-18(19)22(28)27-23-26-20(14-7-10-17(25)11-8-14)21(30-23)15-5-3-2-4-6-15/h2-13H,1H3,(H,26,27,28). The fraction of sp³-hybridized carbons (Fsp3) is 0.0435. The van der Waals surface area contributed by atoms with Crippen molar-refractivity contribution in [2.75, 3.05) is 12.4 Å². The number of hydrogen-bond acceptors (Lipinski definition) is 4. The van der Waals surface area contributed by atoms with Crippen LogP contribution < -0.4 is 10.1 Å². The Kier molecular flexibility index (Phi) is 5.79. The van der Waals surface area contributed by atoms with Gasteiger partial charge < -0.3 is 4.74 Å². The molecule has 1 aromatic heterocycles. The number of benzene rings is 3. The highest BCUT2D eigenvalue weighted by Crippen LogP contribution is 2.39. The van der Waals surface area contributed by atoms with Crippen LogP contribution in [0.25, 0.3) is 21.7 Å². The third-order valence-corrected chi connectivity index (χ3v) is 5.66. The first-order valence-corrected chi connectivity index (χ1v) is 10.2. The molecule has 3 aromatic carbocycles. The average Bonchev–Trinajstić information content (AvgIpc) is 3.18. The van der Waals surface area contributed by atoms with Crippen LogP contribution >= 0.6 is 22.9 Å². The Bertz CT molecular complexity index is 1190. The predicted molar refractivity (Wildman–Crippen MR) is 119 cm³/mol. The second-order valence-electron chi connectivity index (χ2n) is 6.37. The third-order valence-electron chi connectivity index (χ3n) is 4.41. The molecule has 0 aliphatic rings. The zero-order valence-electron chi connectivity index (χ0n) is 15.9. The van der Waals surface area contributed by atoms with Crippen molar-refractivity contribution in [3.63, 3.8) is 0 Å². The second-order valence-corrected chi connectivity index (χ2v) is 7.80. The third kappa shape index (κ3) is 4.20. The number of hydrogen-bond donors (Lipinski definition) is 1. The van der Waals surface area contributed by atoms with Gasteiger partial charge in [0.1, 0.15) is 11.6 Å². The summed E-state index contributed by atoms with van der Waals surface area (Å²) < 4.78 is 18.7. The van der Waals surface area contributed by atoms with Gasteiger partial charge >= 0.3 is 0 Å². The number of anilines is 1. The smallest absolute Gasteiger partial charge is 0.261 e. The van der Waals surface area contributed by atoms with Crippen LogP contribution in [0.2, 0.25) is 5.02 Å². The highest BCUT2D eigenvalue weighted by molar-refractivity contribution is 7.19. The number of nitrogens with one attached hydrogen (secondary N) is 1. The number of aromatic nitrogens is 1. The number of methoxy groups -OCH3 is 1. The van der Waals surface area contributed by atoms with E-state index in [1.807, 2.05) is 30.3 Å². The van der Waals surface area contributed by atoms with Gasteiger partial charge in [0.2, 0.25) is 0 Å². The fourth-order valence-electron chi connectivity index (χ4n) is 2.98. The van der Waals surface area contributed by atoms with Gasteiger partial charge in [0, 0.05) is 10.6 Å². The molecule has 0 saturated heterocycles. The van der Waals surface area contributed by atoms with Crippen LogP contribution in [0.5, 0.6) is 5.75 Å². The van der Waals surface area contributed by atoms with E-state index in [0.29, 0.717) is 27.2 Å². The Labute approximate surface area is 181 Å². The fourth-order valence-corrected chi connectivity index (χ4v) is 4.14. The van der Waals surface area contributed by atoms with Crippen molar-refractivity contribution in [2.24, 2.45) is 0 Å². The molecule has 0 fully saturated rings. The monoisotopic (exact) mass is 438 g/mol. The van der Waals surface area contributed by atoms with Crippen molar-refractivity contribution < 1.29 is 13.9 Å². The first-order valence-electron chi connectivity index (χ1n) is 9.02. The molecule has 7 heteroatoms. The minimum atomic E-state index is -0.381. The molecule has 150 valence electrons. The molecule has 0 atom stereocenters. The molecule has 1 N–H and O–H groups in total. The van der Waals surface area contributed by atoms with Crippen LogP contribution in [0.1, 0.15) is 10.4 Å². The van der Waals surface area contributed by atoms with Gasteiger partial charge in [-0.1, -0.05) is 53.3 Å². The lowest BCUT2D eigenvalue weighted by Gasteiger charge is -2.08. The lowest BCUT2D eigenvalue weighted by molar-refractivity contribution is 0.102. The molecule has 1 amide bonds. The number of rotatable bonds is 5. The molecular formula is C23H16ClFN2O2S. The van der Waals surface area contributed by atoms with Gasteiger partial charge in [-0.3, -0.25) is 10.1 Å². The van der Waals surface area contributed by atoms with Gasteiger partial charge in [-0.05, 0) is 48.0 Å². The number of carbonyl (C=O) groups is 1. The van der Waals surface area contributed by atoms with E-state index in [9.17, 15) is 9.18 Å². The van der Waals surface area contributed by atoms with E-state index in [1.165, 1.54) is 30.6 Å². The minimum Gasteiger partial charge on any atom is -0.496 e. The van der Waals surface area contributed by atoms with E-state index in [0.717, 1.165) is 16.0 Å². The highest BCUT2D eigenvalue weighted by atomic mass is 35.5. The minimum absolute atomic E-state index is 0.310. The normalized spacial score (nSPS) is 10.6. The molecule has 4 rings (SSSR count). The summed E-state index contributed by atoms with van der Waals surface area (Å²) in [4.78, 5) is 18.3. The van der Waals surface area contributed by atoms with Gasteiger partial charge in [-0.2, -0.15) is 0 Å². The molecule has 0 spiro atoms. The van der Waals surface area contributed by atoms with Crippen molar-refractivity contribution in [3.05, 3.63) is 89.2 Å². The average molecular weight is 439 g/mol. The maximum absolute atomic E-state index is 13.4. The van der Waals surface area contributed by atoms with E-state index >= 15 is 0 Å². The second kappa shape index (κ2) is 8.65. The van der Waals surface area contributed by atoms with Gasteiger partial charge in [0.15, 0.2) is 5.13 Å². The summed E-state index contributed by atoms with van der Waals surface area (Å²) >= 11 is 7.39. The number of nitrogens with zero attached hydrogens (tertiary/aromatic N) is 1. The number of thiazole rings is 1. The van der Waals surface area contributed by atoms with E-state index < -0.39 is 0 Å². The van der Waals surface area contributed by atoms with Gasteiger partial charge in [-0.25, -0.2) is 9.37 Å². The van der Waals surface area contributed by atoms with Crippen LogP contribution in [0, 0.1) is 5.82 Å². The van der Waals surface area contributed by atoms with E-state index in [2.05, 4.69) is 10.3 Å². The topological polar surface area (TPSA) is 51.2 Å². The molecule has 0 bridgehead atoms. The van der Waals surface area contributed by atoms with Gasteiger partial charge in [-0.15, -0.1) is 0 Å². The van der Waals surface area contributed by atoms with Gasteiger partial charge in [0.05, 0.1) is 23.2 Å². The molecule has 4 nitrogen and oxygen atoms in total. The zero-order valence-corrected chi connectivity index (χ0v) is 17.4. The Balaban J connectivity index is 1.74. The van der Waals surface area contributed by atoms with E-state index in [1.54, 1.807) is 30.3 Å². The molecule has 0 aliphatic carbocycles. The summed E-state index contributed by atoms with van der Waals surface area (Å²) in [6, 6.07) is 20.7. The Morgan fingerprint density at radius 1 is 1.03 bits per heavy atom. The molecule has 1 heterocycles. The van der Waals surface area contributed by atoms with Crippen molar-refractivity contribution in [2.45, 2.75) is 0 Å². The summed E-state index contributed by atoms with van der Waals surface area (Å²) in [5.74, 6) is -0.291. The first kappa shape index (κ1) is 20.1. The van der Waals surface area contributed by atoms with Crippen molar-refractivity contribution in [3.8, 4) is 27.4 Å². The maximum atomic E-state index is 13.4. The van der Waals surface area contributed by atoms with Crippen LogP contribution in [0.15, 0.2) is 72.8 Å². The molecule has 30 heavy (non-hydrogen) atoms. The maximum Gasteiger partial charge on any atom is 0.261 e. The lowest BCUT2D eigenvalue weighted by Crippen LogP contribution is -2.13. The Morgan fingerprint density at radius 3 is 2.47 bits per heavy atom. The first-order chi connectivity index (χ1) is 14.5. The van der Waals surface area contributed by atoms with Crippen molar-refractivity contribution in [1.82, 2.24) is 4.98 Å². The highest BCUT2D eigenvalue weighted by Gasteiger charge is 2.19. The lowest BCUT2D eigenvalue weighted by atomic mass is 10.1. The number of amides is 1. The van der Waals surface area contributed by atoms with E-state index in [4.69, 9.17) is 16.3 Å². The summed E-state index contributed by atoms with van der Waals surface area (Å²) in [5.41, 5.74) is 2.69. The van der Waals surface area contributed by atoms with Crippen LogP contribution in [-0.2, 0) is 0 Å². The Hall–Kier alpha value is -3.22. The SMILES string of the molecule is COc1ccc(Cl)cc1C(=O)Nc1nc(-c2ccc(F)cc2)c(-c2ccccc2)s1. The van der Waals surface area contributed by atoms with Crippen molar-refractivity contribution >= 4 is 34.0 Å². The van der Waals surface area contributed by atoms with E-state index in [-0.39, 0.29) is 11.7 Å². The van der Waals surface area contributed by atoms with Crippen LogP contribution in [0.4, 0.5) is 9.52 Å². The zero-order chi connectivity index (χ0) is 21.1. The molecule has 0 unspecified atom stereocenters. The summed E-state index contributed by atoms with van der Waals surface area (Å²) in [6.07, 6.45) is 0. The summed E-state index contributed by atoms with van der Waals surface area (Å²) in [5, 5.41) is 3.67.